The molecule has 0 aliphatic heterocycles. The van der Waals surface area contributed by atoms with Gasteiger partial charge < -0.3 is 10.1 Å². The van der Waals surface area contributed by atoms with Gasteiger partial charge in [-0.2, -0.15) is 4.31 Å². The first-order chi connectivity index (χ1) is 14.8. The number of carbonyl (C=O) groups is 1. The molecule has 0 aromatic heterocycles. The van der Waals surface area contributed by atoms with Gasteiger partial charge in [0.05, 0.1) is 18.6 Å². The number of nitrogens with zero attached hydrogens (tertiary/aromatic N) is 1. The summed E-state index contributed by atoms with van der Waals surface area (Å²) in [5, 5.41) is 3.04. The summed E-state index contributed by atoms with van der Waals surface area (Å²) in [5.74, 6) is -0.478. The van der Waals surface area contributed by atoms with E-state index in [0.29, 0.717) is 22.0 Å². The summed E-state index contributed by atoms with van der Waals surface area (Å²) in [4.78, 5) is 12.5. The molecule has 0 aliphatic carbocycles. The van der Waals surface area contributed by atoms with Gasteiger partial charge in [0.25, 0.3) is 0 Å². The van der Waals surface area contributed by atoms with Gasteiger partial charge in [-0.1, -0.05) is 29.8 Å². The fourth-order valence-electron chi connectivity index (χ4n) is 2.83. The second-order valence-electron chi connectivity index (χ2n) is 6.60. The Kier molecular flexibility index (Phi) is 7.27. The zero-order valence-corrected chi connectivity index (χ0v) is 18.2. The number of halogens is 2. The zero-order valence-electron chi connectivity index (χ0n) is 16.6. The van der Waals surface area contributed by atoms with E-state index in [0.717, 1.165) is 28.6 Å². The van der Waals surface area contributed by atoms with Crippen LogP contribution in [0.5, 0.6) is 5.75 Å². The van der Waals surface area contributed by atoms with Gasteiger partial charge in [-0.15, -0.1) is 0 Å². The summed E-state index contributed by atoms with van der Waals surface area (Å²) < 4.78 is 45.8. The number of carbonyl (C=O) groups excluding carboxylic acids is 1. The second-order valence-corrected chi connectivity index (χ2v) is 8.94. The smallest absolute Gasteiger partial charge is 0.243 e. The van der Waals surface area contributed by atoms with Crippen LogP contribution in [0.25, 0.3) is 0 Å². The third-order valence-electron chi connectivity index (χ3n) is 4.45. The monoisotopic (exact) mass is 462 g/mol. The normalized spacial score (nSPS) is 11.4. The topological polar surface area (TPSA) is 75.7 Å². The minimum Gasteiger partial charge on any atom is -0.497 e. The lowest BCUT2D eigenvalue weighted by atomic mass is 10.2. The summed E-state index contributed by atoms with van der Waals surface area (Å²) in [6.07, 6.45) is 0. The highest BCUT2D eigenvalue weighted by atomic mass is 35.5. The first-order valence-electron chi connectivity index (χ1n) is 9.22. The van der Waals surface area contributed by atoms with Crippen molar-refractivity contribution in [2.24, 2.45) is 0 Å². The van der Waals surface area contributed by atoms with Crippen LogP contribution in [0.2, 0.25) is 5.02 Å². The van der Waals surface area contributed by atoms with E-state index in [4.69, 9.17) is 16.3 Å². The van der Waals surface area contributed by atoms with Crippen LogP contribution in [0, 0.1) is 5.82 Å². The van der Waals surface area contributed by atoms with E-state index in [9.17, 15) is 17.6 Å². The largest absolute Gasteiger partial charge is 0.497 e. The zero-order chi connectivity index (χ0) is 22.4. The molecule has 0 radical (unpaired) electrons. The number of rotatable bonds is 8. The minimum absolute atomic E-state index is 0.127. The van der Waals surface area contributed by atoms with Crippen LogP contribution in [0.15, 0.2) is 77.7 Å². The first kappa shape index (κ1) is 22.7. The van der Waals surface area contributed by atoms with Crippen molar-refractivity contribution in [3.05, 3.63) is 89.2 Å². The van der Waals surface area contributed by atoms with Crippen LogP contribution in [0.4, 0.5) is 10.1 Å². The molecular weight excluding hydrogens is 443 g/mol. The van der Waals surface area contributed by atoms with Gasteiger partial charge in [0.2, 0.25) is 15.9 Å². The number of benzene rings is 3. The lowest BCUT2D eigenvalue weighted by Gasteiger charge is -2.22. The van der Waals surface area contributed by atoms with Gasteiger partial charge in [-0.3, -0.25) is 4.79 Å². The Morgan fingerprint density at radius 2 is 1.68 bits per heavy atom. The third-order valence-corrected chi connectivity index (χ3v) is 6.62. The Labute approximate surface area is 185 Å². The average Bonchev–Trinajstić information content (AvgIpc) is 2.75. The van der Waals surface area contributed by atoms with Gasteiger partial charge >= 0.3 is 0 Å². The molecular formula is C22H20ClFN2O4S. The maximum Gasteiger partial charge on any atom is 0.243 e. The van der Waals surface area contributed by atoms with E-state index in [1.54, 1.807) is 48.5 Å². The Hall–Kier alpha value is -2.94. The quantitative estimate of drug-likeness (QED) is 0.541. The standard InChI is InChI=1S/C22H20ClFN2O4S/c1-30-19-10-8-18(9-11-19)25-22(27)15-26(14-16-4-2-3-5-21(16)23)31(28,29)20-12-6-17(24)7-13-20/h2-13H,14-15H2,1H3,(H,25,27). The van der Waals surface area contributed by atoms with Crippen molar-refractivity contribution in [1.82, 2.24) is 4.31 Å². The lowest BCUT2D eigenvalue weighted by Crippen LogP contribution is -2.37. The van der Waals surface area contributed by atoms with Crippen molar-refractivity contribution in [3.63, 3.8) is 0 Å². The number of sulfonamides is 1. The molecule has 0 saturated carbocycles. The fourth-order valence-corrected chi connectivity index (χ4v) is 4.40. The highest BCUT2D eigenvalue weighted by molar-refractivity contribution is 7.89. The Balaban J connectivity index is 1.86. The van der Waals surface area contributed by atoms with E-state index in [2.05, 4.69) is 5.32 Å². The molecule has 0 fully saturated rings. The van der Waals surface area contributed by atoms with Gasteiger partial charge in [-0.05, 0) is 60.2 Å². The number of anilines is 1. The highest BCUT2D eigenvalue weighted by Crippen LogP contribution is 2.23. The number of methoxy groups -OCH3 is 1. The molecule has 0 heterocycles. The average molecular weight is 463 g/mol. The third kappa shape index (κ3) is 5.81. The van der Waals surface area contributed by atoms with Crippen molar-refractivity contribution in [2.45, 2.75) is 11.4 Å². The predicted molar refractivity (Wildman–Crippen MR) is 117 cm³/mol. The summed E-state index contributed by atoms with van der Waals surface area (Å²) in [7, 11) is -2.58. The predicted octanol–water partition coefficient (Wildman–Crippen LogP) is 4.32. The highest BCUT2D eigenvalue weighted by Gasteiger charge is 2.27. The molecule has 31 heavy (non-hydrogen) atoms. The van der Waals surface area contributed by atoms with Crippen molar-refractivity contribution < 1.29 is 22.3 Å². The van der Waals surface area contributed by atoms with E-state index >= 15 is 0 Å². The molecule has 0 spiro atoms. The summed E-state index contributed by atoms with van der Waals surface area (Å²) >= 11 is 6.20. The number of hydrogen-bond donors (Lipinski definition) is 1. The lowest BCUT2D eigenvalue weighted by molar-refractivity contribution is -0.116. The maximum atomic E-state index is 13.3. The molecule has 9 heteroatoms. The van der Waals surface area contributed by atoms with Crippen molar-refractivity contribution >= 4 is 33.2 Å². The molecule has 0 saturated heterocycles. The van der Waals surface area contributed by atoms with Crippen LogP contribution < -0.4 is 10.1 Å². The summed E-state index contributed by atoms with van der Waals surface area (Å²) in [6.45, 7) is -0.591. The number of nitrogens with one attached hydrogen (secondary N) is 1. The van der Waals surface area contributed by atoms with Gasteiger partial charge in [0, 0.05) is 17.3 Å². The number of ether oxygens (including phenoxy) is 1. The SMILES string of the molecule is COc1ccc(NC(=O)CN(Cc2ccccc2Cl)S(=O)(=O)c2ccc(F)cc2)cc1. The maximum absolute atomic E-state index is 13.3. The first-order valence-corrected chi connectivity index (χ1v) is 11.0. The Bertz CT molecular complexity index is 1150. The van der Waals surface area contributed by atoms with E-state index in [1.807, 2.05) is 0 Å². The molecule has 0 bridgehead atoms. The summed E-state index contributed by atoms with van der Waals surface area (Å²) in [6, 6.07) is 17.8. The van der Waals surface area contributed by atoms with Gasteiger partial charge in [0.15, 0.2) is 0 Å². The van der Waals surface area contributed by atoms with Crippen LogP contribution in [0.3, 0.4) is 0 Å². The fraction of sp³-hybridized carbons (Fsp3) is 0.136. The minimum atomic E-state index is -4.10. The van der Waals surface area contributed by atoms with E-state index < -0.39 is 28.3 Å². The molecule has 3 aromatic rings. The molecule has 1 amide bonds. The van der Waals surface area contributed by atoms with Crippen LogP contribution >= 0.6 is 11.6 Å². The van der Waals surface area contributed by atoms with Crippen molar-refractivity contribution in [1.29, 1.82) is 0 Å². The molecule has 0 aliphatic rings. The molecule has 6 nitrogen and oxygen atoms in total. The molecule has 1 N–H and O–H groups in total. The van der Waals surface area contributed by atoms with Gasteiger partial charge in [-0.25, -0.2) is 12.8 Å². The van der Waals surface area contributed by atoms with Crippen molar-refractivity contribution in [2.75, 3.05) is 19.0 Å². The number of amides is 1. The molecule has 0 atom stereocenters. The van der Waals surface area contributed by atoms with Crippen molar-refractivity contribution in [3.8, 4) is 5.75 Å². The van der Waals surface area contributed by atoms with Crippen LogP contribution in [0.1, 0.15) is 5.56 Å². The Morgan fingerprint density at radius 3 is 2.29 bits per heavy atom. The Morgan fingerprint density at radius 1 is 1.03 bits per heavy atom. The molecule has 3 rings (SSSR count). The van der Waals surface area contributed by atoms with Crippen LogP contribution in [-0.2, 0) is 21.4 Å². The van der Waals surface area contributed by atoms with Crippen LogP contribution in [-0.4, -0.2) is 32.3 Å². The van der Waals surface area contributed by atoms with E-state index in [1.165, 1.54) is 7.11 Å². The summed E-state index contributed by atoms with van der Waals surface area (Å²) in [5.41, 5.74) is 1.02. The van der Waals surface area contributed by atoms with Gasteiger partial charge in [0.1, 0.15) is 11.6 Å². The molecule has 0 unspecified atom stereocenters. The molecule has 162 valence electrons. The second kappa shape index (κ2) is 9.91. The van der Waals surface area contributed by atoms with E-state index in [-0.39, 0.29) is 11.4 Å². The number of hydrogen-bond acceptors (Lipinski definition) is 4. The molecule has 3 aromatic carbocycles.